The Morgan fingerprint density at radius 1 is 0.242 bits per heavy atom. The molecule has 0 saturated carbocycles. The molecule has 0 radical (unpaired) electrons. The number of hydrogen-bond donors (Lipinski definition) is 0. The number of hydrogen-bond acceptors (Lipinski definition) is 0. The largest absolute Gasteiger partial charge is 0.0619 e. The topological polar surface area (TPSA) is 0 Å². The maximum atomic E-state index is 2.48. The molecule has 0 saturated heterocycles. The molecule has 0 aromatic heterocycles. The van der Waals surface area contributed by atoms with E-state index in [0.717, 1.165) is 0 Å². The molecule has 0 N–H and O–H groups in total. The summed E-state index contributed by atoms with van der Waals surface area (Å²) in [5.74, 6) is 0. The van der Waals surface area contributed by atoms with Crippen molar-refractivity contribution in [3.8, 4) is 55.6 Å². The molecule has 0 amide bonds. The fourth-order valence-corrected chi connectivity index (χ4v) is 12.3. The van der Waals surface area contributed by atoms with Crippen molar-refractivity contribution in [2.45, 2.75) is 38.5 Å². The van der Waals surface area contributed by atoms with E-state index in [2.05, 4.69) is 210 Å². The second-order valence-corrected chi connectivity index (χ2v) is 19.2. The van der Waals surface area contributed by atoms with E-state index in [4.69, 9.17) is 0 Å². The molecule has 0 bridgehead atoms. The molecular weight excluding hydrogens is 745 g/mol. The monoisotopic (exact) mass is 786 g/mol. The summed E-state index contributed by atoms with van der Waals surface area (Å²) < 4.78 is 0. The molecule has 0 fully saturated rings. The van der Waals surface area contributed by atoms with Crippen molar-refractivity contribution in [3.63, 3.8) is 0 Å². The van der Waals surface area contributed by atoms with Crippen molar-refractivity contribution in [2.24, 2.45) is 0 Å². The molecule has 290 valence electrons. The van der Waals surface area contributed by atoms with Crippen LogP contribution in [0.1, 0.15) is 49.9 Å². The van der Waals surface area contributed by atoms with Gasteiger partial charge in [-0.2, -0.15) is 0 Å². The van der Waals surface area contributed by atoms with Crippen LogP contribution in [0, 0.1) is 0 Å². The van der Waals surface area contributed by atoms with Gasteiger partial charge >= 0.3 is 0 Å². The predicted octanol–water partition coefficient (Wildman–Crippen LogP) is 17.1. The van der Waals surface area contributed by atoms with Gasteiger partial charge < -0.3 is 0 Å². The number of rotatable bonds is 3. The zero-order valence-electron chi connectivity index (χ0n) is 35.3. The predicted molar refractivity (Wildman–Crippen MR) is 265 cm³/mol. The lowest BCUT2D eigenvalue weighted by molar-refractivity contribution is 0.660. The molecule has 2 aliphatic carbocycles. The Bertz CT molecular complexity index is 3650. The molecule has 2 aliphatic rings. The maximum absolute atomic E-state index is 2.48. The van der Waals surface area contributed by atoms with Crippen LogP contribution >= 0.6 is 0 Å². The summed E-state index contributed by atoms with van der Waals surface area (Å²) in [6, 6.07) is 69.8. The average Bonchev–Trinajstić information content (AvgIpc) is 3.68. The third kappa shape index (κ3) is 4.32. The third-order valence-electron chi connectivity index (χ3n) is 15.4. The summed E-state index contributed by atoms with van der Waals surface area (Å²) in [5.41, 5.74) is 18.7. The molecule has 0 heteroatoms. The summed E-state index contributed by atoms with van der Waals surface area (Å²) in [5, 5.41) is 15.8. The first-order chi connectivity index (χ1) is 30.3. The first-order valence-electron chi connectivity index (χ1n) is 22.2. The van der Waals surface area contributed by atoms with E-state index in [9.17, 15) is 0 Å². The summed E-state index contributed by atoms with van der Waals surface area (Å²) in [4.78, 5) is 0. The summed E-state index contributed by atoms with van der Waals surface area (Å²) >= 11 is 0. The van der Waals surface area contributed by atoms with E-state index in [1.807, 2.05) is 0 Å². The van der Waals surface area contributed by atoms with Gasteiger partial charge in [-0.15, -0.1) is 0 Å². The summed E-state index contributed by atoms with van der Waals surface area (Å²) in [7, 11) is 0. The Hall–Kier alpha value is -7.28. The minimum absolute atomic E-state index is 0.0479. The molecule has 0 nitrogen and oxygen atoms in total. The minimum atomic E-state index is -0.0479. The Labute approximate surface area is 361 Å². The van der Waals surface area contributed by atoms with Crippen molar-refractivity contribution in [3.05, 3.63) is 204 Å². The van der Waals surface area contributed by atoms with Crippen molar-refractivity contribution in [2.75, 3.05) is 0 Å². The lowest BCUT2D eigenvalue weighted by atomic mass is 9.80. The smallest absolute Gasteiger partial charge is 0.0159 e. The molecule has 0 atom stereocenters. The SMILES string of the molecule is CC1(C)c2ccccc2-c2ccc(-c3ccc4cc(-c5cc6ccc(-c7ccc8c(c7)C(C)(C)c7ccccc7-8)c7ccc8cccc5c8c67)c5cccc6ccc3c4c65)cc21. The van der Waals surface area contributed by atoms with Crippen LogP contribution in [0.5, 0.6) is 0 Å². The molecule has 62 heavy (non-hydrogen) atoms. The molecule has 12 aromatic rings. The van der Waals surface area contributed by atoms with E-state index in [1.165, 1.54) is 143 Å². The van der Waals surface area contributed by atoms with Gasteiger partial charge in [0.25, 0.3) is 0 Å². The van der Waals surface area contributed by atoms with Gasteiger partial charge in [0.2, 0.25) is 0 Å². The highest BCUT2D eigenvalue weighted by atomic mass is 14.4. The van der Waals surface area contributed by atoms with E-state index in [0.29, 0.717) is 0 Å². The van der Waals surface area contributed by atoms with Crippen LogP contribution in [-0.2, 0) is 10.8 Å². The zero-order chi connectivity index (χ0) is 41.2. The number of benzene rings is 12. The Morgan fingerprint density at radius 2 is 0.613 bits per heavy atom. The van der Waals surface area contributed by atoms with Gasteiger partial charge in [0.15, 0.2) is 0 Å². The van der Waals surface area contributed by atoms with Crippen molar-refractivity contribution in [1.29, 1.82) is 0 Å². The fourth-order valence-electron chi connectivity index (χ4n) is 12.3. The highest BCUT2D eigenvalue weighted by Gasteiger charge is 2.37. The molecule has 12 aromatic carbocycles. The molecule has 14 rings (SSSR count). The van der Waals surface area contributed by atoms with E-state index in [-0.39, 0.29) is 10.8 Å². The maximum Gasteiger partial charge on any atom is 0.0159 e. The first kappa shape index (κ1) is 34.4. The standard InChI is InChI=1S/C62H42/c1-61(2)53-17-7-5-13-43(53)45-27-21-37(33-55(45)61)41-25-23-39-31-51(47-15-9-11-35-19-29-49(41)59(39)57(35)47)52-32-40-24-26-42(50-30-20-36-12-10-16-48(52)58(36)60(40)50)38-22-28-46-44-14-6-8-18-54(44)62(3,4)56(46)34-38/h5-34H,1-4H3. The van der Waals surface area contributed by atoms with Gasteiger partial charge in [-0.25, -0.2) is 0 Å². The highest BCUT2D eigenvalue weighted by Crippen LogP contribution is 2.53. The normalized spacial score (nSPS) is 14.7. The van der Waals surface area contributed by atoms with Gasteiger partial charge in [-0.1, -0.05) is 185 Å². The van der Waals surface area contributed by atoms with E-state index in [1.54, 1.807) is 0 Å². The van der Waals surface area contributed by atoms with Gasteiger partial charge in [0.1, 0.15) is 0 Å². The molecule has 0 unspecified atom stereocenters. The van der Waals surface area contributed by atoms with Crippen LogP contribution < -0.4 is 0 Å². The second-order valence-electron chi connectivity index (χ2n) is 19.2. The van der Waals surface area contributed by atoms with Crippen LogP contribution in [0.4, 0.5) is 0 Å². The minimum Gasteiger partial charge on any atom is -0.0619 e. The quantitative estimate of drug-likeness (QED) is 0.157. The first-order valence-corrected chi connectivity index (χ1v) is 22.2. The van der Waals surface area contributed by atoms with Gasteiger partial charge in [-0.05, 0) is 167 Å². The van der Waals surface area contributed by atoms with Crippen molar-refractivity contribution < 1.29 is 0 Å². The molecule has 0 heterocycles. The van der Waals surface area contributed by atoms with Gasteiger partial charge in [0.05, 0.1) is 0 Å². The van der Waals surface area contributed by atoms with Crippen LogP contribution in [0.2, 0.25) is 0 Å². The summed E-state index contributed by atoms with van der Waals surface area (Å²) in [6.45, 7) is 9.50. The molecule has 0 aliphatic heterocycles. The molecular formula is C62H42. The van der Waals surface area contributed by atoms with E-state index >= 15 is 0 Å². The lowest BCUT2D eigenvalue weighted by Gasteiger charge is -2.23. The highest BCUT2D eigenvalue weighted by molar-refractivity contribution is 6.32. The van der Waals surface area contributed by atoms with E-state index < -0.39 is 0 Å². The van der Waals surface area contributed by atoms with Crippen molar-refractivity contribution >= 4 is 64.6 Å². The lowest BCUT2D eigenvalue weighted by Crippen LogP contribution is -2.14. The zero-order valence-corrected chi connectivity index (χ0v) is 35.3. The third-order valence-corrected chi connectivity index (χ3v) is 15.4. The Kier molecular flexibility index (Phi) is 6.53. The van der Waals surface area contributed by atoms with Gasteiger partial charge in [-0.3, -0.25) is 0 Å². The number of fused-ring (bicyclic) bond motifs is 6. The summed E-state index contributed by atoms with van der Waals surface area (Å²) in [6.07, 6.45) is 0. The van der Waals surface area contributed by atoms with Crippen molar-refractivity contribution in [1.82, 2.24) is 0 Å². The van der Waals surface area contributed by atoms with Gasteiger partial charge in [0, 0.05) is 10.8 Å². The van der Waals surface area contributed by atoms with Crippen LogP contribution in [-0.4, -0.2) is 0 Å². The Balaban J connectivity index is 0.961. The molecule has 0 spiro atoms. The Morgan fingerprint density at radius 3 is 1.08 bits per heavy atom. The fraction of sp³-hybridized carbons (Fsp3) is 0.0968. The van der Waals surface area contributed by atoms with Crippen LogP contribution in [0.15, 0.2) is 182 Å². The van der Waals surface area contributed by atoms with Crippen LogP contribution in [0.25, 0.3) is 120 Å². The average molecular weight is 787 g/mol. The second kappa shape index (κ2) is 11.8. The van der Waals surface area contributed by atoms with Crippen LogP contribution in [0.3, 0.4) is 0 Å².